The first-order chi connectivity index (χ1) is 16.8. The Morgan fingerprint density at radius 2 is 2.09 bits per heavy atom. The smallest absolute Gasteiger partial charge is 0.268 e. The van der Waals surface area contributed by atoms with Gasteiger partial charge in [0.25, 0.3) is 11.5 Å². The maximum Gasteiger partial charge on any atom is 0.268 e. The molecule has 0 saturated carbocycles. The van der Waals surface area contributed by atoms with Crippen LogP contribution < -0.4 is 15.6 Å². The Morgan fingerprint density at radius 3 is 2.77 bits per heavy atom. The van der Waals surface area contributed by atoms with E-state index in [0.29, 0.717) is 18.8 Å². The van der Waals surface area contributed by atoms with Crippen molar-refractivity contribution in [1.82, 2.24) is 9.88 Å². The van der Waals surface area contributed by atoms with Crippen LogP contribution >= 0.6 is 0 Å². The van der Waals surface area contributed by atoms with Gasteiger partial charge in [-0.3, -0.25) is 14.4 Å². The number of hydrogen-bond donors (Lipinski definition) is 1. The number of pyridine rings is 1. The molecule has 0 saturated heterocycles. The number of aromatic nitrogens is 1. The van der Waals surface area contributed by atoms with Gasteiger partial charge in [0.15, 0.2) is 12.4 Å². The number of nitriles is 1. The van der Waals surface area contributed by atoms with E-state index < -0.39 is 35.7 Å². The summed E-state index contributed by atoms with van der Waals surface area (Å²) < 4.78 is 31.0. The van der Waals surface area contributed by atoms with Gasteiger partial charge in [-0.2, -0.15) is 5.26 Å². The standard InChI is InChI=1S/C25H24FN3O6/c1-16(21-5-3-10-34-21)28-23(30)15-35-22-7-6-19(26)12-20(22)24(31)18-11-17(13-27)25(32)29(14-18)8-4-9-33-2/h3,5-7,10-12,14,16H,4,8-9,15H2,1-2H3,(H,28,30). The molecule has 3 aromatic rings. The van der Waals surface area contributed by atoms with Crippen LogP contribution in [0.1, 0.15) is 46.6 Å². The molecule has 9 nitrogen and oxygen atoms in total. The molecule has 3 rings (SSSR count). The molecule has 0 radical (unpaired) electrons. The van der Waals surface area contributed by atoms with Crippen LogP contribution in [0.3, 0.4) is 0 Å². The van der Waals surface area contributed by atoms with Gasteiger partial charge in [-0.05, 0) is 49.7 Å². The first kappa shape index (κ1) is 25.4. The number of ketones is 1. The fourth-order valence-electron chi connectivity index (χ4n) is 3.38. The molecule has 1 aromatic carbocycles. The molecular weight excluding hydrogens is 457 g/mol. The van der Waals surface area contributed by atoms with Gasteiger partial charge in [0.1, 0.15) is 29.0 Å². The Labute approximate surface area is 200 Å². The molecule has 1 unspecified atom stereocenters. The minimum atomic E-state index is -0.689. The van der Waals surface area contributed by atoms with Crippen molar-refractivity contribution in [1.29, 1.82) is 5.26 Å². The molecule has 2 aromatic heterocycles. The zero-order valence-electron chi connectivity index (χ0n) is 19.2. The summed E-state index contributed by atoms with van der Waals surface area (Å²) in [5.74, 6) is -1.29. The molecule has 0 spiro atoms. The third-order valence-electron chi connectivity index (χ3n) is 5.11. The van der Waals surface area contributed by atoms with Crippen LogP contribution in [0.5, 0.6) is 5.75 Å². The number of furan rings is 1. The normalized spacial score (nSPS) is 11.5. The number of benzene rings is 1. The molecule has 1 N–H and O–H groups in total. The second-order valence-electron chi connectivity index (χ2n) is 7.66. The third kappa shape index (κ3) is 6.43. The summed E-state index contributed by atoms with van der Waals surface area (Å²) in [6.45, 7) is 1.91. The Balaban J connectivity index is 1.82. The SMILES string of the molecule is COCCCn1cc(C(=O)c2cc(F)ccc2OCC(=O)NC(C)c2ccco2)cc(C#N)c1=O. The van der Waals surface area contributed by atoms with Crippen molar-refractivity contribution in [2.75, 3.05) is 20.3 Å². The molecule has 1 atom stereocenters. The van der Waals surface area contributed by atoms with Crippen LogP contribution in [0.2, 0.25) is 0 Å². The van der Waals surface area contributed by atoms with Crippen molar-refractivity contribution in [2.45, 2.75) is 25.9 Å². The number of halogens is 1. The predicted octanol–water partition coefficient (Wildman–Crippen LogP) is 2.98. The number of ether oxygens (including phenoxy) is 2. The summed E-state index contributed by atoms with van der Waals surface area (Å²) in [5.41, 5.74) is -0.913. The van der Waals surface area contributed by atoms with Crippen LogP contribution in [-0.4, -0.2) is 36.6 Å². The highest BCUT2D eigenvalue weighted by Crippen LogP contribution is 2.23. The van der Waals surface area contributed by atoms with Crippen LogP contribution in [-0.2, 0) is 16.1 Å². The molecule has 0 bridgehead atoms. The predicted molar refractivity (Wildman–Crippen MR) is 123 cm³/mol. The highest BCUT2D eigenvalue weighted by molar-refractivity contribution is 6.10. The molecular formula is C25H24FN3O6. The highest BCUT2D eigenvalue weighted by Gasteiger charge is 2.20. The van der Waals surface area contributed by atoms with Crippen molar-refractivity contribution in [2.24, 2.45) is 0 Å². The molecule has 0 fully saturated rings. The Bertz CT molecular complexity index is 1290. The van der Waals surface area contributed by atoms with E-state index in [4.69, 9.17) is 13.9 Å². The summed E-state index contributed by atoms with van der Waals surface area (Å²) >= 11 is 0. The van der Waals surface area contributed by atoms with Gasteiger partial charge in [0.05, 0.1) is 17.9 Å². The van der Waals surface area contributed by atoms with Crippen LogP contribution in [0.4, 0.5) is 4.39 Å². The average molecular weight is 481 g/mol. The number of aryl methyl sites for hydroxylation is 1. The number of hydrogen-bond acceptors (Lipinski definition) is 7. The first-order valence-corrected chi connectivity index (χ1v) is 10.8. The number of amides is 1. The Kier molecular flexibility index (Phi) is 8.53. The molecule has 10 heteroatoms. The van der Waals surface area contributed by atoms with Gasteiger partial charge in [0.2, 0.25) is 0 Å². The number of rotatable bonds is 11. The number of nitrogens with zero attached hydrogens (tertiary/aromatic N) is 2. The van der Waals surface area contributed by atoms with E-state index in [1.807, 2.05) is 0 Å². The van der Waals surface area contributed by atoms with Crippen molar-refractivity contribution < 1.29 is 27.9 Å². The molecule has 0 aliphatic rings. The van der Waals surface area contributed by atoms with Gasteiger partial charge in [-0.15, -0.1) is 0 Å². The number of methoxy groups -OCH3 is 1. The zero-order chi connectivity index (χ0) is 25.4. The summed E-state index contributed by atoms with van der Waals surface area (Å²) in [7, 11) is 1.52. The topological polar surface area (TPSA) is 124 Å². The Morgan fingerprint density at radius 1 is 1.29 bits per heavy atom. The van der Waals surface area contributed by atoms with Crippen molar-refractivity contribution in [3.05, 3.63) is 87.5 Å². The summed E-state index contributed by atoms with van der Waals surface area (Å²) in [6.07, 6.45) is 3.29. The van der Waals surface area contributed by atoms with E-state index in [9.17, 15) is 24.0 Å². The molecule has 0 aliphatic heterocycles. The van der Waals surface area contributed by atoms with Crippen molar-refractivity contribution in [3.63, 3.8) is 0 Å². The van der Waals surface area contributed by atoms with Crippen LogP contribution in [0, 0.1) is 17.1 Å². The minimum Gasteiger partial charge on any atom is -0.483 e. The van der Waals surface area contributed by atoms with Gasteiger partial charge in [-0.1, -0.05) is 0 Å². The van der Waals surface area contributed by atoms with E-state index in [2.05, 4.69) is 5.32 Å². The second kappa shape index (κ2) is 11.8. The second-order valence-corrected chi connectivity index (χ2v) is 7.66. The van der Waals surface area contributed by atoms with Gasteiger partial charge in [-0.25, -0.2) is 4.39 Å². The van der Waals surface area contributed by atoms with Gasteiger partial charge in [0, 0.05) is 32.0 Å². The quantitative estimate of drug-likeness (QED) is 0.330. The molecule has 0 aliphatic carbocycles. The van der Waals surface area contributed by atoms with E-state index in [0.717, 1.165) is 18.2 Å². The average Bonchev–Trinajstić information content (AvgIpc) is 3.39. The van der Waals surface area contributed by atoms with E-state index >= 15 is 0 Å². The monoisotopic (exact) mass is 481 g/mol. The zero-order valence-corrected chi connectivity index (χ0v) is 19.2. The minimum absolute atomic E-state index is 0.00455. The number of carbonyl (C=O) groups excluding carboxylic acids is 2. The van der Waals surface area contributed by atoms with E-state index in [1.165, 1.54) is 30.2 Å². The largest absolute Gasteiger partial charge is 0.483 e. The van der Waals surface area contributed by atoms with Crippen LogP contribution in [0.15, 0.2) is 58.1 Å². The number of carbonyl (C=O) groups is 2. The summed E-state index contributed by atoms with van der Waals surface area (Å²) in [5, 5.41) is 12.0. The summed E-state index contributed by atoms with van der Waals surface area (Å²) in [4.78, 5) is 38.0. The lowest BCUT2D eigenvalue weighted by atomic mass is 10.0. The Hall–Kier alpha value is -4.23. The lowest BCUT2D eigenvalue weighted by molar-refractivity contribution is -0.123. The molecule has 35 heavy (non-hydrogen) atoms. The van der Waals surface area contributed by atoms with E-state index in [-0.39, 0.29) is 29.0 Å². The summed E-state index contributed by atoms with van der Waals surface area (Å²) in [6, 6.07) is 9.27. The van der Waals surface area contributed by atoms with E-state index in [1.54, 1.807) is 25.1 Å². The third-order valence-corrected chi connectivity index (χ3v) is 5.11. The maximum atomic E-state index is 14.0. The maximum absolute atomic E-state index is 14.0. The van der Waals surface area contributed by atoms with Gasteiger partial charge < -0.3 is 23.8 Å². The lowest BCUT2D eigenvalue weighted by Gasteiger charge is -2.14. The molecule has 182 valence electrons. The van der Waals surface area contributed by atoms with Gasteiger partial charge >= 0.3 is 0 Å². The lowest BCUT2D eigenvalue weighted by Crippen LogP contribution is -2.31. The number of nitrogens with one attached hydrogen (secondary N) is 1. The van der Waals surface area contributed by atoms with Crippen molar-refractivity contribution in [3.8, 4) is 11.8 Å². The first-order valence-electron chi connectivity index (χ1n) is 10.8. The molecule has 2 heterocycles. The van der Waals surface area contributed by atoms with Crippen LogP contribution in [0.25, 0.3) is 0 Å². The fourth-order valence-corrected chi connectivity index (χ4v) is 3.38. The van der Waals surface area contributed by atoms with Crippen molar-refractivity contribution >= 4 is 11.7 Å². The highest BCUT2D eigenvalue weighted by atomic mass is 19.1. The fraction of sp³-hybridized carbons (Fsp3) is 0.280. The molecule has 1 amide bonds.